The number of rotatable bonds is 3. The Kier molecular flexibility index (Phi) is 4.21. The number of hydrogen-bond donors (Lipinski definition) is 0. The fraction of sp³-hybridized carbons (Fsp3) is 0.846. The Bertz CT molecular complexity index is 215. The molecule has 0 N–H and O–H groups in total. The zero-order valence-electron chi connectivity index (χ0n) is 10.8. The average Bonchev–Trinajstić information content (AvgIpc) is 2.14. The lowest BCUT2D eigenvalue weighted by Gasteiger charge is -2.44. The van der Waals surface area contributed by atoms with Crippen LogP contribution in [0.1, 0.15) is 40.5 Å². The van der Waals surface area contributed by atoms with E-state index in [4.69, 9.17) is 0 Å². The van der Waals surface area contributed by atoms with Crippen molar-refractivity contribution in [2.75, 3.05) is 26.2 Å². The Balaban J connectivity index is 2.45. The Hall–Kier alpha value is -0.500. The van der Waals surface area contributed by atoms with Crippen molar-refractivity contribution in [1.29, 1.82) is 0 Å². The van der Waals surface area contributed by atoms with Gasteiger partial charge in [-0.1, -0.05) is 19.9 Å². The number of piperazine rings is 1. The maximum absolute atomic E-state index is 4.20. The highest BCUT2D eigenvalue weighted by atomic mass is 15.3. The van der Waals surface area contributed by atoms with Gasteiger partial charge in [0.15, 0.2) is 0 Å². The first-order chi connectivity index (χ1) is 6.95. The van der Waals surface area contributed by atoms with E-state index in [0.717, 1.165) is 13.1 Å². The predicted molar refractivity (Wildman–Crippen MR) is 66.9 cm³/mol. The van der Waals surface area contributed by atoms with E-state index in [0.29, 0.717) is 0 Å². The van der Waals surface area contributed by atoms with E-state index in [1.807, 2.05) is 0 Å². The van der Waals surface area contributed by atoms with Crippen LogP contribution in [0.3, 0.4) is 0 Å². The van der Waals surface area contributed by atoms with E-state index >= 15 is 0 Å². The molecule has 1 aliphatic heterocycles. The first kappa shape index (κ1) is 12.6. The van der Waals surface area contributed by atoms with Crippen LogP contribution >= 0.6 is 0 Å². The van der Waals surface area contributed by atoms with E-state index in [2.05, 4.69) is 44.1 Å². The van der Waals surface area contributed by atoms with Crippen molar-refractivity contribution in [2.45, 2.75) is 46.1 Å². The van der Waals surface area contributed by atoms with Crippen LogP contribution in [-0.4, -0.2) is 41.5 Å². The molecule has 1 heterocycles. The van der Waals surface area contributed by atoms with Gasteiger partial charge in [-0.25, -0.2) is 0 Å². The van der Waals surface area contributed by atoms with Gasteiger partial charge in [0.2, 0.25) is 0 Å². The molecule has 2 heteroatoms. The summed E-state index contributed by atoms with van der Waals surface area (Å²) in [6.45, 7) is 17.8. The fourth-order valence-corrected chi connectivity index (χ4v) is 1.99. The molecular weight excluding hydrogens is 184 g/mol. The molecule has 2 nitrogen and oxygen atoms in total. The first-order valence-corrected chi connectivity index (χ1v) is 6.13. The minimum Gasteiger partial charge on any atom is -0.373 e. The summed E-state index contributed by atoms with van der Waals surface area (Å²) in [4.78, 5) is 4.96. The molecule has 1 rings (SSSR count). The second-order valence-electron chi connectivity index (χ2n) is 5.50. The minimum atomic E-state index is 0.278. The van der Waals surface area contributed by atoms with Gasteiger partial charge in [0.05, 0.1) is 0 Å². The van der Waals surface area contributed by atoms with Gasteiger partial charge in [0.25, 0.3) is 0 Å². The Morgan fingerprint density at radius 1 is 1.27 bits per heavy atom. The molecule has 0 saturated carbocycles. The standard InChI is InChI=1S/C13H26N2/c1-6-7-8-14-9-10-15(11-12(14)2)13(3,4)5/h2,6-11H2,1,3-5H3. The quantitative estimate of drug-likeness (QED) is 0.706. The monoisotopic (exact) mass is 210 g/mol. The van der Waals surface area contributed by atoms with Crippen LogP contribution in [0.4, 0.5) is 0 Å². The van der Waals surface area contributed by atoms with Crippen LogP contribution in [0.15, 0.2) is 12.3 Å². The molecule has 0 unspecified atom stereocenters. The number of hydrogen-bond acceptors (Lipinski definition) is 2. The second kappa shape index (κ2) is 5.02. The molecule has 0 aromatic rings. The normalized spacial score (nSPS) is 19.7. The van der Waals surface area contributed by atoms with Gasteiger partial charge in [-0.15, -0.1) is 0 Å². The molecule has 1 saturated heterocycles. The van der Waals surface area contributed by atoms with Crippen molar-refractivity contribution >= 4 is 0 Å². The highest BCUT2D eigenvalue weighted by Gasteiger charge is 2.26. The maximum Gasteiger partial charge on any atom is 0.0383 e. The van der Waals surface area contributed by atoms with Gasteiger partial charge in [-0.05, 0) is 27.2 Å². The van der Waals surface area contributed by atoms with Gasteiger partial charge in [-0.3, -0.25) is 4.90 Å². The van der Waals surface area contributed by atoms with Crippen LogP contribution in [0.2, 0.25) is 0 Å². The average molecular weight is 210 g/mol. The Labute approximate surface area is 94.9 Å². The number of nitrogens with zero attached hydrogens (tertiary/aromatic N) is 2. The number of unbranched alkanes of at least 4 members (excludes halogenated alkanes) is 1. The van der Waals surface area contributed by atoms with E-state index in [9.17, 15) is 0 Å². The topological polar surface area (TPSA) is 6.48 Å². The Morgan fingerprint density at radius 2 is 1.93 bits per heavy atom. The molecular formula is C13H26N2. The molecule has 15 heavy (non-hydrogen) atoms. The summed E-state index contributed by atoms with van der Waals surface area (Å²) < 4.78 is 0. The second-order valence-corrected chi connectivity index (χ2v) is 5.50. The van der Waals surface area contributed by atoms with Crippen LogP contribution in [0, 0.1) is 0 Å². The van der Waals surface area contributed by atoms with Crippen LogP contribution in [0.5, 0.6) is 0 Å². The Morgan fingerprint density at radius 3 is 2.40 bits per heavy atom. The van der Waals surface area contributed by atoms with Crippen molar-refractivity contribution in [3.8, 4) is 0 Å². The van der Waals surface area contributed by atoms with Crippen LogP contribution < -0.4 is 0 Å². The molecule has 0 atom stereocenters. The summed E-state index contributed by atoms with van der Waals surface area (Å²) >= 11 is 0. The molecule has 0 bridgehead atoms. The smallest absolute Gasteiger partial charge is 0.0383 e. The van der Waals surface area contributed by atoms with Crippen LogP contribution in [-0.2, 0) is 0 Å². The molecule has 1 aliphatic rings. The lowest BCUT2D eigenvalue weighted by atomic mass is 10.0. The lowest BCUT2D eigenvalue weighted by molar-refractivity contribution is 0.0913. The zero-order chi connectivity index (χ0) is 11.5. The summed E-state index contributed by atoms with van der Waals surface area (Å²) in [5, 5.41) is 0. The fourth-order valence-electron chi connectivity index (χ4n) is 1.99. The predicted octanol–water partition coefficient (Wildman–Crippen LogP) is 2.72. The molecule has 0 radical (unpaired) electrons. The third kappa shape index (κ3) is 3.53. The van der Waals surface area contributed by atoms with E-state index in [1.54, 1.807) is 0 Å². The molecule has 0 aromatic heterocycles. The molecule has 0 spiro atoms. The third-order valence-electron chi connectivity index (χ3n) is 3.19. The molecule has 1 fully saturated rings. The summed E-state index contributed by atoms with van der Waals surface area (Å²) in [5.74, 6) is 0. The van der Waals surface area contributed by atoms with Crippen molar-refractivity contribution in [3.05, 3.63) is 12.3 Å². The van der Waals surface area contributed by atoms with E-state index in [-0.39, 0.29) is 5.54 Å². The molecule has 88 valence electrons. The van der Waals surface area contributed by atoms with Crippen molar-refractivity contribution < 1.29 is 0 Å². The molecule has 0 amide bonds. The van der Waals surface area contributed by atoms with Crippen molar-refractivity contribution in [2.24, 2.45) is 0 Å². The van der Waals surface area contributed by atoms with E-state index in [1.165, 1.54) is 31.6 Å². The van der Waals surface area contributed by atoms with Crippen LogP contribution in [0.25, 0.3) is 0 Å². The summed E-state index contributed by atoms with van der Waals surface area (Å²) in [6, 6.07) is 0. The van der Waals surface area contributed by atoms with Crippen molar-refractivity contribution in [1.82, 2.24) is 9.80 Å². The highest BCUT2D eigenvalue weighted by Crippen LogP contribution is 2.20. The third-order valence-corrected chi connectivity index (χ3v) is 3.19. The zero-order valence-corrected chi connectivity index (χ0v) is 10.8. The van der Waals surface area contributed by atoms with Gasteiger partial charge >= 0.3 is 0 Å². The summed E-state index contributed by atoms with van der Waals surface area (Å²) in [5.41, 5.74) is 1.57. The van der Waals surface area contributed by atoms with Gasteiger partial charge < -0.3 is 4.90 Å². The lowest BCUT2D eigenvalue weighted by Crippen LogP contribution is -2.52. The van der Waals surface area contributed by atoms with E-state index < -0.39 is 0 Å². The van der Waals surface area contributed by atoms with Crippen molar-refractivity contribution in [3.63, 3.8) is 0 Å². The van der Waals surface area contributed by atoms with Gasteiger partial charge in [-0.2, -0.15) is 0 Å². The van der Waals surface area contributed by atoms with Gasteiger partial charge in [0, 0.05) is 37.4 Å². The van der Waals surface area contributed by atoms with Gasteiger partial charge in [0.1, 0.15) is 0 Å². The molecule has 0 aliphatic carbocycles. The highest BCUT2D eigenvalue weighted by molar-refractivity contribution is 5.03. The summed E-state index contributed by atoms with van der Waals surface area (Å²) in [7, 11) is 0. The first-order valence-electron chi connectivity index (χ1n) is 6.13. The minimum absolute atomic E-state index is 0.278. The largest absolute Gasteiger partial charge is 0.373 e. The summed E-state index contributed by atoms with van der Waals surface area (Å²) in [6.07, 6.45) is 2.56. The maximum atomic E-state index is 4.20. The SMILES string of the molecule is C=C1CN(C(C)(C)C)CCN1CCCC. The molecule has 0 aromatic carbocycles.